The zero-order valence-electron chi connectivity index (χ0n) is 14.6. The van der Waals surface area contributed by atoms with E-state index in [0.29, 0.717) is 0 Å². The molecule has 1 aromatic carbocycles. The molecule has 1 N–H and O–H groups in total. The third kappa shape index (κ3) is 3.75. The van der Waals surface area contributed by atoms with Crippen molar-refractivity contribution >= 4 is 17.1 Å². The number of hydrogen-bond acceptors (Lipinski definition) is 4. The molecule has 1 fully saturated rings. The van der Waals surface area contributed by atoms with Crippen LogP contribution in [-0.2, 0) is 17.8 Å². The lowest BCUT2D eigenvalue weighted by molar-refractivity contribution is -0.140. The largest absolute Gasteiger partial charge is 0.406 e. The summed E-state index contributed by atoms with van der Waals surface area (Å²) in [5, 5.41) is 0. The monoisotopic (exact) mass is 391 g/mol. The van der Waals surface area contributed by atoms with Crippen LogP contribution in [0.3, 0.4) is 0 Å². The zero-order valence-corrected chi connectivity index (χ0v) is 14.6. The highest BCUT2D eigenvalue weighted by Gasteiger charge is 2.33. The smallest absolute Gasteiger partial charge is 0.306 e. The van der Waals surface area contributed by atoms with Crippen LogP contribution in [0.15, 0.2) is 41.5 Å². The van der Waals surface area contributed by atoms with Crippen LogP contribution < -0.4 is 11.0 Å². The average molecular weight is 391 g/mol. The molecule has 1 aliphatic carbocycles. The minimum atomic E-state index is -4.46. The summed E-state index contributed by atoms with van der Waals surface area (Å²) in [4.78, 5) is 33.2. The molecule has 1 saturated carbocycles. The van der Waals surface area contributed by atoms with Crippen molar-refractivity contribution in [2.75, 3.05) is 5.43 Å². The highest BCUT2D eigenvalue weighted by molar-refractivity contribution is 5.86. The van der Waals surface area contributed by atoms with Crippen molar-refractivity contribution in [2.24, 2.45) is 0 Å². The number of carbonyl (C=O) groups excluding carboxylic acids is 1. The van der Waals surface area contributed by atoms with Crippen molar-refractivity contribution in [1.29, 1.82) is 0 Å². The van der Waals surface area contributed by atoms with Gasteiger partial charge in [-0.15, -0.1) is 0 Å². The number of amides is 1. The van der Waals surface area contributed by atoms with Crippen LogP contribution in [0.4, 0.5) is 13.2 Å². The van der Waals surface area contributed by atoms with Crippen LogP contribution in [0.5, 0.6) is 0 Å². The van der Waals surface area contributed by atoms with Crippen LogP contribution in [0.2, 0.25) is 0 Å². The van der Waals surface area contributed by atoms with E-state index in [1.54, 1.807) is 24.3 Å². The molecule has 0 bridgehead atoms. The van der Waals surface area contributed by atoms with E-state index in [9.17, 15) is 22.8 Å². The standard InChI is InChI=1S/C18H16F3N5O2/c19-18(20,21)9-25-10-22-14-16(25)23-15(12-6-7-12)26(17(14)28)24-13(27)8-11-4-2-1-3-5-11/h1-5,10,12H,6-9H2,(H,24,27). The van der Waals surface area contributed by atoms with E-state index in [1.807, 2.05) is 6.07 Å². The maximum absolute atomic E-state index is 12.8. The molecule has 0 aliphatic heterocycles. The number of nitrogens with one attached hydrogen (secondary N) is 1. The molecule has 0 saturated heterocycles. The van der Waals surface area contributed by atoms with Gasteiger partial charge in [-0.3, -0.25) is 15.0 Å². The summed E-state index contributed by atoms with van der Waals surface area (Å²) in [6.45, 7) is -1.29. The number of benzene rings is 1. The number of alkyl halides is 3. The first-order valence-electron chi connectivity index (χ1n) is 8.70. The third-order valence-corrected chi connectivity index (χ3v) is 4.40. The molecule has 3 aromatic rings. The first kappa shape index (κ1) is 18.2. The molecule has 2 aromatic heterocycles. The Hall–Kier alpha value is -3.17. The summed E-state index contributed by atoms with van der Waals surface area (Å²) in [6, 6.07) is 8.98. The maximum atomic E-state index is 12.8. The molecule has 2 heterocycles. The van der Waals surface area contributed by atoms with Crippen LogP contribution >= 0.6 is 0 Å². The van der Waals surface area contributed by atoms with E-state index in [-0.39, 0.29) is 29.3 Å². The number of nitrogens with zero attached hydrogens (tertiary/aromatic N) is 4. The van der Waals surface area contributed by atoms with Crippen LogP contribution in [0.25, 0.3) is 11.2 Å². The molecule has 0 spiro atoms. The number of imidazole rings is 1. The minimum absolute atomic E-state index is 0.0535. The summed E-state index contributed by atoms with van der Waals surface area (Å²) in [5.74, 6) is -0.253. The number of fused-ring (bicyclic) bond motifs is 1. The fourth-order valence-electron chi connectivity index (χ4n) is 2.99. The lowest BCUT2D eigenvalue weighted by atomic mass is 10.1. The molecule has 1 aliphatic rings. The van der Waals surface area contributed by atoms with E-state index >= 15 is 0 Å². The van der Waals surface area contributed by atoms with Gasteiger partial charge in [-0.05, 0) is 18.4 Å². The molecular weight excluding hydrogens is 375 g/mol. The SMILES string of the molecule is O=C(Cc1ccccc1)Nn1c(C2CC2)nc2c(ncn2CC(F)(F)F)c1=O. The van der Waals surface area contributed by atoms with E-state index in [1.165, 1.54) is 0 Å². The van der Waals surface area contributed by atoms with Crippen molar-refractivity contribution < 1.29 is 18.0 Å². The molecule has 0 atom stereocenters. The molecule has 1 amide bonds. The Labute approximate surface area is 156 Å². The topological polar surface area (TPSA) is 81.8 Å². The summed E-state index contributed by atoms with van der Waals surface area (Å²) >= 11 is 0. The summed E-state index contributed by atoms with van der Waals surface area (Å²) < 4.78 is 40.1. The van der Waals surface area contributed by atoms with Crippen LogP contribution in [-0.4, -0.2) is 31.3 Å². The Bertz CT molecular complexity index is 1080. The molecule has 4 rings (SSSR count). The van der Waals surface area contributed by atoms with Crippen molar-refractivity contribution in [3.05, 3.63) is 58.4 Å². The van der Waals surface area contributed by atoms with Gasteiger partial charge in [0, 0.05) is 5.92 Å². The zero-order chi connectivity index (χ0) is 19.9. The number of rotatable bonds is 5. The maximum Gasteiger partial charge on any atom is 0.406 e. The van der Waals surface area contributed by atoms with E-state index in [4.69, 9.17) is 0 Å². The number of carbonyl (C=O) groups is 1. The first-order chi connectivity index (χ1) is 13.3. The molecule has 0 radical (unpaired) electrons. The van der Waals surface area contributed by atoms with Gasteiger partial charge in [0.15, 0.2) is 11.2 Å². The van der Waals surface area contributed by atoms with Crippen molar-refractivity contribution in [3.8, 4) is 0 Å². The van der Waals surface area contributed by atoms with E-state index in [2.05, 4.69) is 15.4 Å². The van der Waals surface area contributed by atoms with Crippen LogP contribution in [0.1, 0.15) is 30.1 Å². The van der Waals surface area contributed by atoms with Crippen molar-refractivity contribution in [3.63, 3.8) is 0 Å². The summed E-state index contributed by atoms with van der Waals surface area (Å²) in [5.41, 5.74) is 2.27. The lowest BCUT2D eigenvalue weighted by Crippen LogP contribution is -2.37. The predicted molar refractivity (Wildman–Crippen MR) is 94.3 cm³/mol. The van der Waals surface area contributed by atoms with Crippen molar-refractivity contribution in [1.82, 2.24) is 19.2 Å². The first-order valence-corrected chi connectivity index (χ1v) is 8.70. The van der Waals surface area contributed by atoms with Crippen LogP contribution in [0, 0.1) is 0 Å². The Morgan fingerprint density at radius 2 is 1.93 bits per heavy atom. The molecule has 7 nitrogen and oxygen atoms in total. The van der Waals surface area contributed by atoms with Gasteiger partial charge >= 0.3 is 11.7 Å². The molecule has 0 unspecified atom stereocenters. The van der Waals surface area contributed by atoms with Gasteiger partial charge in [0.2, 0.25) is 5.91 Å². The number of hydrogen-bond donors (Lipinski definition) is 1. The van der Waals surface area contributed by atoms with Gasteiger partial charge in [0.05, 0.1) is 12.7 Å². The Kier molecular flexibility index (Phi) is 4.40. The van der Waals surface area contributed by atoms with Gasteiger partial charge < -0.3 is 4.57 Å². The number of halogens is 3. The Morgan fingerprint density at radius 1 is 1.21 bits per heavy atom. The second-order valence-corrected chi connectivity index (χ2v) is 6.74. The number of aromatic nitrogens is 4. The van der Waals surface area contributed by atoms with E-state index < -0.39 is 24.2 Å². The normalized spacial score (nSPS) is 14.4. The van der Waals surface area contributed by atoms with Gasteiger partial charge in [0.1, 0.15) is 12.4 Å². The second kappa shape index (κ2) is 6.77. The van der Waals surface area contributed by atoms with Gasteiger partial charge in [0.25, 0.3) is 0 Å². The van der Waals surface area contributed by atoms with Gasteiger partial charge in [-0.2, -0.15) is 13.2 Å². The quantitative estimate of drug-likeness (QED) is 0.724. The van der Waals surface area contributed by atoms with Gasteiger partial charge in [-0.25, -0.2) is 14.6 Å². The molecule has 10 heteroatoms. The van der Waals surface area contributed by atoms with Gasteiger partial charge in [-0.1, -0.05) is 30.3 Å². The molecular formula is C18H16F3N5O2. The summed E-state index contributed by atoms with van der Waals surface area (Å²) in [6.07, 6.45) is -1.97. The minimum Gasteiger partial charge on any atom is -0.306 e. The molecule has 28 heavy (non-hydrogen) atoms. The van der Waals surface area contributed by atoms with E-state index in [0.717, 1.165) is 34.0 Å². The fourth-order valence-corrected chi connectivity index (χ4v) is 2.99. The predicted octanol–water partition coefficient (Wildman–Crippen LogP) is 2.35. The highest BCUT2D eigenvalue weighted by Crippen LogP contribution is 2.38. The molecule has 146 valence electrons. The second-order valence-electron chi connectivity index (χ2n) is 6.74. The van der Waals surface area contributed by atoms with Crippen molar-refractivity contribution in [2.45, 2.75) is 37.9 Å². The lowest BCUT2D eigenvalue weighted by Gasteiger charge is -2.14. The fraction of sp³-hybridized carbons (Fsp3) is 0.333. The highest BCUT2D eigenvalue weighted by atomic mass is 19.4. The Balaban J connectivity index is 1.70. The Morgan fingerprint density at radius 3 is 2.57 bits per heavy atom. The summed E-state index contributed by atoms with van der Waals surface area (Å²) in [7, 11) is 0. The third-order valence-electron chi connectivity index (χ3n) is 4.40. The average Bonchev–Trinajstić information content (AvgIpc) is 3.39.